The van der Waals surface area contributed by atoms with Gasteiger partial charge < -0.3 is 24.7 Å². The number of hydrogen-bond acceptors (Lipinski definition) is 7. The minimum Gasteiger partial charge on any atom is -0.493 e. The highest BCUT2D eigenvalue weighted by molar-refractivity contribution is 6.17. The number of carbonyl (C=O) groups excluding carboxylic acids is 2. The fourth-order valence-electron chi connectivity index (χ4n) is 2.07. The van der Waals surface area contributed by atoms with Crippen LogP contribution in [0.15, 0.2) is 23.2 Å². The fraction of sp³-hybridized carbons (Fsp3) is 0.400. The van der Waals surface area contributed by atoms with E-state index in [1.807, 2.05) is 0 Å². The Morgan fingerprint density at radius 2 is 1.70 bits per heavy atom. The number of amidine groups is 1. The van der Waals surface area contributed by atoms with E-state index >= 15 is 0 Å². The van der Waals surface area contributed by atoms with Crippen LogP contribution in [0, 0.1) is 5.92 Å². The number of methoxy groups -OCH3 is 2. The molecular formula is C15H18N2O6. The molecule has 0 aromatic heterocycles. The van der Waals surface area contributed by atoms with Gasteiger partial charge in [-0.25, -0.2) is 4.99 Å². The lowest BCUT2D eigenvalue weighted by Crippen LogP contribution is -2.50. The van der Waals surface area contributed by atoms with Crippen molar-refractivity contribution in [3.05, 3.63) is 18.2 Å². The van der Waals surface area contributed by atoms with E-state index in [-0.39, 0.29) is 5.84 Å². The summed E-state index contributed by atoms with van der Waals surface area (Å²) in [5.41, 5.74) is 6.18. The molecule has 1 saturated heterocycles. The Kier molecular flexibility index (Phi) is 4.44. The van der Waals surface area contributed by atoms with E-state index in [0.29, 0.717) is 17.2 Å². The van der Waals surface area contributed by atoms with E-state index < -0.39 is 23.6 Å². The molecule has 8 heteroatoms. The Balaban J connectivity index is 2.29. The van der Waals surface area contributed by atoms with Crippen molar-refractivity contribution in [1.29, 1.82) is 0 Å². The van der Waals surface area contributed by atoms with Gasteiger partial charge in [-0.15, -0.1) is 0 Å². The molecule has 0 amide bonds. The molecule has 23 heavy (non-hydrogen) atoms. The molecule has 124 valence electrons. The summed E-state index contributed by atoms with van der Waals surface area (Å²) < 4.78 is 20.3. The van der Waals surface area contributed by atoms with Crippen LogP contribution >= 0.6 is 0 Å². The van der Waals surface area contributed by atoms with Gasteiger partial charge in [0, 0.05) is 19.9 Å². The molecule has 1 aliphatic rings. The first-order valence-electron chi connectivity index (χ1n) is 6.79. The summed E-state index contributed by atoms with van der Waals surface area (Å²) in [6, 6.07) is 4.80. The third-order valence-corrected chi connectivity index (χ3v) is 3.09. The maximum atomic E-state index is 11.9. The molecule has 0 atom stereocenters. The number of carbonyl (C=O) groups is 2. The van der Waals surface area contributed by atoms with Crippen LogP contribution in [-0.2, 0) is 19.1 Å². The molecule has 0 aliphatic carbocycles. The molecular weight excluding hydrogens is 304 g/mol. The minimum absolute atomic E-state index is 0.220. The first-order chi connectivity index (χ1) is 10.8. The first kappa shape index (κ1) is 16.6. The van der Waals surface area contributed by atoms with Gasteiger partial charge in [-0.1, -0.05) is 0 Å². The number of esters is 2. The monoisotopic (exact) mass is 322 g/mol. The zero-order chi connectivity index (χ0) is 17.2. The third-order valence-electron chi connectivity index (χ3n) is 3.09. The number of ether oxygens (including phenoxy) is 4. The van der Waals surface area contributed by atoms with Crippen molar-refractivity contribution < 1.29 is 28.5 Å². The quantitative estimate of drug-likeness (QED) is 0.383. The van der Waals surface area contributed by atoms with Crippen molar-refractivity contribution >= 4 is 23.5 Å². The van der Waals surface area contributed by atoms with Crippen LogP contribution in [0.2, 0.25) is 0 Å². The molecule has 1 heterocycles. The minimum atomic E-state index is -1.39. The summed E-state index contributed by atoms with van der Waals surface area (Å²) in [7, 11) is 2.98. The van der Waals surface area contributed by atoms with Crippen molar-refractivity contribution in [2.75, 3.05) is 14.2 Å². The second kappa shape index (κ2) is 6.15. The van der Waals surface area contributed by atoms with Crippen molar-refractivity contribution in [3.8, 4) is 11.5 Å². The summed E-state index contributed by atoms with van der Waals surface area (Å²) in [5, 5.41) is 0. The van der Waals surface area contributed by atoms with Crippen LogP contribution in [0.5, 0.6) is 11.5 Å². The van der Waals surface area contributed by atoms with Crippen molar-refractivity contribution in [3.63, 3.8) is 0 Å². The molecule has 1 aromatic carbocycles. The van der Waals surface area contributed by atoms with Crippen molar-refractivity contribution in [1.82, 2.24) is 0 Å². The van der Waals surface area contributed by atoms with Gasteiger partial charge in [-0.2, -0.15) is 0 Å². The molecule has 1 fully saturated rings. The Morgan fingerprint density at radius 3 is 2.22 bits per heavy atom. The maximum absolute atomic E-state index is 11.9. The van der Waals surface area contributed by atoms with Crippen LogP contribution in [0.4, 0.5) is 5.69 Å². The molecule has 0 bridgehead atoms. The van der Waals surface area contributed by atoms with Gasteiger partial charge in [0.2, 0.25) is 5.92 Å². The van der Waals surface area contributed by atoms with Crippen molar-refractivity contribution in [2.45, 2.75) is 19.6 Å². The van der Waals surface area contributed by atoms with Gasteiger partial charge in [0.25, 0.3) is 5.79 Å². The first-order valence-corrected chi connectivity index (χ1v) is 6.79. The van der Waals surface area contributed by atoms with E-state index in [2.05, 4.69) is 4.99 Å². The zero-order valence-electron chi connectivity index (χ0n) is 13.3. The van der Waals surface area contributed by atoms with Gasteiger partial charge in [0.15, 0.2) is 11.5 Å². The maximum Gasteiger partial charge on any atom is 0.331 e. The SMILES string of the molecule is COc1ccc(N=C(N)C2C(=O)OC(C)(C)OC2=O)cc1OC. The molecule has 0 radical (unpaired) electrons. The van der Waals surface area contributed by atoms with Crippen LogP contribution in [-0.4, -0.2) is 37.8 Å². The summed E-state index contributed by atoms with van der Waals surface area (Å²) in [4.78, 5) is 28.0. The lowest BCUT2D eigenvalue weighted by Gasteiger charge is -2.32. The summed E-state index contributed by atoms with van der Waals surface area (Å²) in [6.45, 7) is 2.92. The topological polar surface area (TPSA) is 109 Å². The average Bonchev–Trinajstić information content (AvgIpc) is 2.44. The predicted octanol–water partition coefficient (Wildman–Crippen LogP) is 1.14. The number of hydrogen-bond donors (Lipinski definition) is 1. The number of cyclic esters (lactones) is 2. The molecule has 1 aromatic rings. The van der Waals surface area contributed by atoms with Gasteiger partial charge in [-0.3, -0.25) is 9.59 Å². The van der Waals surface area contributed by atoms with Crippen LogP contribution in [0.3, 0.4) is 0 Å². The standard InChI is InChI=1S/C15H18N2O6/c1-15(2)22-13(18)11(14(19)23-15)12(16)17-8-5-6-9(20-3)10(7-8)21-4/h5-7,11H,1-4H3,(H2,16,17). The number of nitrogens with two attached hydrogens (primary N) is 1. The van der Waals surface area contributed by atoms with Crippen LogP contribution in [0.1, 0.15) is 13.8 Å². The van der Waals surface area contributed by atoms with Gasteiger partial charge in [0.1, 0.15) is 5.84 Å². The molecule has 2 rings (SSSR count). The Labute approximate surface area is 133 Å². The summed E-state index contributed by atoms with van der Waals surface area (Å²) in [6.07, 6.45) is 0. The molecule has 1 aliphatic heterocycles. The number of benzene rings is 1. The second-order valence-corrected chi connectivity index (χ2v) is 5.25. The predicted molar refractivity (Wildman–Crippen MR) is 80.6 cm³/mol. The smallest absolute Gasteiger partial charge is 0.331 e. The van der Waals surface area contributed by atoms with Crippen molar-refractivity contribution in [2.24, 2.45) is 16.6 Å². The second-order valence-electron chi connectivity index (χ2n) is 5.25. The molecule has 0 saturated carbocycles. The average molecular weight is 322 g/mol. The highest BCUT2D eigenvalue weighted by atomic mass is 16.7. The summed E-state index contributed by atoms with van der Waals surface area (Å²) in [5.74, 6) is -3.56. The van der Waals surface area contributed by atoms with E-state index in [1.54, 1.807) is 18.2 Å². The number of rotatable bonds is 4. The Morgan fingerprint density at radius 1 is 1.13 bits per heavy atom. The highest BCUT2D eigenvalue weighted by Crippen LogP contribution is 2.31. The Hall–Kier alpha value is -2.77. The lowest BCUT2D eigenvalue weighted by atomic mass is 10.1. The van der Waals surface area contributed by atoms with E-state index in [0.717, 1.165) is 0 Å². The lowest BCUT2D eigenvalue weighted by molar-refractivity contribution is -0.235. The van der Waals surface area contributed by atoms with E-state index in [1.165, 1.54) is 28.1 Å². The molecule has 8 nitrogen and oxygen atoms in total. The zero-order valence-corrected chi connectivity index (χ0v) is 13.3. The molecule has 0 unspecified atom stereocenters. The van der Waals surface area contributed by atoms with Crippen LogP contribution < -0.4 is 15.2 Å². The normalized spacial score (nSPS) is 18.2. The third kappa shape index (κ3) is 3.53. The van der Waals surface area contributed by atoms with E-state index in [9.17, 15) is 9.59 Å². The fourth-order valence-corrected chi connectivity index (χ4v) is 2.07. The van der Waals surface area contributed by atoms with E-state index in [4.69, 9.17) is 24.7 Å². The van der Waals surface area contributed by atoms with Gasteiger partial charge >= 0.3 is 11.9 Å². The summed E-state index contributed by atoms with van der Waals surface area (Å²) >= 11 is 0. The Bertz CT molecular complexity index is 648. The van der Waals surface area contributed by atoms with Gasteiger partial charge in [-0.05, 0) is 12.1 Å². The highest BCUT2D eigenvalue weighted by Gasteiger charge is 2.45. The van der Waals surface area contributed by atoms with Gasteiger partial charge in [0.05, 0.1) is 19.9 Å². The number of nitrogens with zero attached hydrogens (tertiary/aromatic N) is 1. The molecule has 0 spiro atoms. The number of aliphatic imine (C=N–C) groups is 1. The van der Waals surface area contributed by atoms with Crippen LogP contribution in [0.25, 0.3) is 0 Å². The largest absolute Gasteiger partial charge is 0.493 e. The molecule has 2 N–H and O–H groups in total.